The molecule has 0 saturated carbocycles. The molecule has 0 saturated heterocycles. The second kappa shape index (κ2) is 13.4. The monoisotopic (exact) mass is 581 g/mol. The number of para-hydroxylation sites is 1. The van der Waals surface area contributed by atoms with Crippen LogP contribution in [0.4, 0.5) is 18.9 Å². The molecule has 0 aromatic heterocycles. The van der Waals surface area contributed by atoms with E-state index in [9.17, 15) is 17.6 Å². The number of nitrogens with one attached hydrogen (secondary N) is 1. The number of alkyl halides is 3. The lowest BCUT2D eigenvalue weighted by Crippen LogP contribution is -2.53. The van der Waals surface area contributed by atoms with E-state index in [4.69, 9.17) is 0 Å². The van der Waals surface area contributed by atoms with Crippen LogP contribution in [0.2, 0.25) is 0 Å². The number of hydrogen-bond donors (Lipinski definition) is 1. The number of allylic oxidation sites excluding steroid dienone is 3. The van der Waals surface area contributed by atoms with Gasteiger partial charge in [-0.05, 0) is 49.2 Å². The Hall–Kier alpha value is -2.97. The molecule has 3 atom stereocenters. The molecule has 0 fully saturated rings. The van der Waals surface area contributed by atoms with Crippen molar-refractivity contribution in [3.63, 3.8) is 0 Å². The highest BCUT2D eigenvalue weighted by molar-refractivity contribution is 7.90. The zero-order chi connectivity index (χ0) is 29.4. The van der Waals surface area contributed by atoms with E-state index in [-0.39, 0.29) is 10.6 Å². The van der Waals surface area contributed by atoms with Gasteiger partial charge >= 0.3 is 0 Å². The van der Waals surface area contributed by atoms with Gasteiger partial charge in [0, 0.05) is 11.9 Å². The largest absolute Gasteiger partial charge is 0.324 e. The lowest BCUT2D eigenvalue weighted by atomic mass is 9.70. The summed E-state index contributed by atoms with van der Waals surface area (Å²) in [7, 11) is -1.95. The lowest BCUT2D eigenvalue weighted by molar-refractivity contribution is -0.119. The smallest absolute Gasteiger partial charge is 0.281 e. The molecule has 0 aliphatic carbocycles. The Balaban J connectivity index is 0.00000260. The Morgan fingerprint density at radius 2 is 1.74 bits per heavy atom. The fraction of sp³-hybridized carbons (Fsp3) is 0.357. The van der Waals surface area contributed by atoms with E-state index >= 15 is 8.78 Å². The Kier molecular flexibility index (Phi) is 11.1. The third-order valence-corrected chi connectivity index (χ3v) is 7.59. The predicted octanol–water partition coefficient (Wildman–Crippen LogP) is 6.09. The summed E-state index contributed by atoms with van der Waals surface area (Å²) < 4.78 is 67.5. The Bertz CT molecular complexity index is 1330. The van der Waals surface area contributed by atoms with Gasteiger partial charge in [-0.3, -0.25) is 9.80 Å². The van der Waals surface area contributed by atoms with Gasteiger partial charge in [-0.2, -0.15) is 5.10 Å². The van der Waals surface area contributed by atoms with Crippen LogP contribution < -0.4 is 5.32 Å². The maximum absolute atomic E-state index is 15.3. The van der Waals surface area contributed by atoms with E-state index in [1.807, 2.05) is 13.8 Å². The summed E-state index contributed by atoms with van der Waals surface area (Å²) in [6.07, 6.45) is 5.31. The molecular weight excluding hydrogens is 546 g/mol. The average Bonchev–Trinajstić information content (AvgIpc) is 3.18. The maximum Gasteiger partial charge on any atom is 0.281 e. The number of amides is 1. The highest BCUT2D eigenvalue weighted by atomic mass is 32.2. The van der Waals surface area contributed by atoms with Crippen molar-refractivity contribution in [2.24, 2.45) is 10.5 Å². The third kappa shape index (κ3) is 7.57. The summed E-state index contributed by atoms with van der Waals surface area (Å²) >= 11 is 0. The molecule has 11 heteroatoms. The van der Waals surface area contributed by atoms with Crippen LogP contribution in [0.3, 0.4) is 0 Å². The van der Waals surface area contributed by atoms with Crippen LogP contribution in [-0.2, 0) is 14.6 Å². The normalized spacial score (nSPS) is 19.9. The lowest BCUT2D eigenvalue weighted by Gasteiger charge is -2.40. The molecule has 39 heavy (non-hydrogen) atoms. The summed E-state index contributed by atoms with van der Waals surface area (Å²) in [6.45, 7) is 5.93. The van der Waals surface area contributed by atoms with Crippen LogP contribution in [0.25, 0.3) is 0 Å². The highest BCUT2D eigenvalue weighted by Gasteiger charge is 2.59. The fourth-order valence-electron chi connectivity index (χ4n) is 4.55. The topological polar surface area (TPSA) is 78.8 Å². The van der Waals surface area contributed by atoms with Gasteiger partial charge in [0.1, 0.15) is 19.3 Å². The predicted molar refractivity (Wildman–Crippen MR) is 155 cm³/mol. The molecule has 2 aromatic rings. The van der Waals surface area contributed by atoms with E-state index in [2.05, 4.69) is 10.4 Å². The number of rotatable bonds is 9. The average molecular weight is 582 g/mol. The first-order valence-corrected chi connectivity index (χ1v) is 14.9. The first kappa shape index (κ1) is 32.2. The molecule has 3 rings (SSSR count). The Morgan fingerprint density at radius 3 is 2.23 bits per heavy atom. The van der Waals surface area contributed by atoms with E-state index in [1.54, 1.807) is 50.3 Å². The second-order valence-corrected chi connectivity index (χ2v) is 11.6. The van der Waals surface area contributed by atoms with Gasteiger partial charge in [0.05, 0.1) is 16.0 Å². The number of sulfone groups is 1. The van der Waals surface area contributed by atoms with Gasteiger partial charge in [-0.15, -0.1) is 0 Å². The number of nitrogens with zero attached hydrogens (tertiary/aromatic N) is 2. The maximum atomic E-state index is 15.3. The van der Waals surface area contributed by atoms with Crippen molar-refractivity contribution >= 4 is 36.4 Å². The van der Waals surface area contributed by atoms with Gasteiger partial charge in [0.2, 0.25) is 5.91 Å². The number of carbonyl (C=O) groups is 1. The highest BCUT2D eigenvalue weighted by Crippen LogP contribution is 2.51. The van der Waals surface area contributed by atoms with Gasteiger partial charge < -0.3 is 5.32 Å². The summed E-state index contributed by atoms with van der Waals surface area (Å²) in [5.74, 6) is -0.549. The summed E-state index contributed by atoms with van der Waals surface area (Å²) in [5.41, 5.74) is -3.45. The van der Waals surface area contributed by atoms with Crippen molar-refractivity contribution in [1.29, 1.82) is 0 Å². The van der Waals surface area contributed by atoms with Gasteiger partial charge in [-0.1, -0.05) is 71.6 Å². The van der Waals surface area contributed by atoms with Crippen LogP contribution in [0, 0.1) is 5.41 Å². The number of carbonyl (C=O) groups excluding carboxylic acids is 1. The van der Waals surface area contributed by atoms with Crippen LogP contribution >= 0.6 is 9.24 Å². The number of halogens is 3. The van der Waals surface area contributed by atoms with E-state index in [0.29, 0.717) is 16.8 Å². The molecule has 1 amide bonds. The Labute approximate surface area is 231 Å². The van der Waals surface area contributed by atoms with Crippen molar-refractivity contribution in [2.75, 3.05) is 24.8 Å². The summed E-state index contributed by atoms with van der Waals surface area (Å²) in [6, 6.07) is 12.7. The number of benzene rings is 2. The van der Waals surface area contributed by atoms with Gasteiger partial charge in [0.25, 0.3) is 5.66 Å². The molecule has 1 N–H and O–H groups in total. The minimum Gasteiger partial charge on any atom is -0.324 e. The molecule has 212 valence electrons. The Morgan fingerprint density at radius 1 is 1.15 bits per heavy atom. The van der Waals surface area contributed by atoms with E-state index < -0.39 is 46.1 Å². The standard InChI is InChI=1S/C26H29F3N3O3PS.C2H6/c1-4-19(9-8-16-27)25(2)23(18-12-14-21(15-13-18)37(3,34)35)31-32(24(25)26(28,29)36)17-22(33)30-20-10-6-5-7-11-20;1-2/h4-15,24H,16-17,36H2,1-3H3,(H,30,33);1-2H3/b9-8-,19-4+;. The van der Waals surface area contributed by atoms with Crippen molar-refractivity contribution in [1.82, 2.24) is 5.01 Å². The molecular formula is C28H35F3N3O3PS. The van der Waals surface area contributed by atoms with Crippen LogP contribution in [0.15, 0.2) is 88.4 Å². The fourth-order valence-corrected chi connectivity index (χ4v) is 5.69. The molecule has 2 aromatic carbocycles. The first-order chi connectivity index (χ1) is 18.3. The minimum atomic E-state index is -3.49. The van der Waals surface area contributed by atoms with Crippen LogP contribution in [0.5, 0.6) is 0 Å². The number of hydrazone groups is 1. The van der Waals surface area contributed by atoms with Crippen molar-refractivity contribution < 1.29 is 26.4 Å². The molecule has 1 aliphatic heterocycles. The zero-order valence-electron chi connectivity index (χ0n) is 22.7. The van der Waals surface area contributed by atoms with E-state index in [0.717, 1.165) is 11.3 Å². The molecule has 3 unspecified atom stereocenters. The van der Waals surface area contributed by atoms with Gasteiger partial charge in [-0.25, -0.2) is 21.6 Å². The van der Waals surface area contributed by atoms with Crippen molar-refractivity contribution in [3.8, 4) is 0 Å². The third-order valence-electron chi connectivity index (χ3n) is 6.15. The summed E-state index contributed by atoms with van der Waals surface area (Å²) in [5, 5.41) is 8.21. The summed E-state index contributed by atoms with van der Waals surface area (Å²) in [4.78, 5) is 12.9. The first-order valence-electron chi connectivity index (χ1n) is 12.4. The molecule has 1 aliphatic rings. The molecule has 0 spiro atoms. The quantitative estimate of drug-likeness (QED) is 0.287. The number of hydrogen-bond acceptors (Lipinski definition) is 5. The molecule has 0 radical (unpaired) electrons. The van der Waals surface area contributed by atoms with Crippen molar-refractivity contribution in [3.05, 3.63) is 84.0 Å². The van der Waals surface area contributed by atoms with Gasteiger partial charge in [0.15, 0.2) is 9.84 Å². The van der Waals surface area contributed by atoms with Crippen LogP contribution in [-0.4, -0.2) is 56.2 Å². The molecule has 0 bridgehead atoms. The van der Waals surface area contributed by atoms with E-state index in [1.165, 1.54) is 45.7 Å². The van der Waals surface area contributed by atoms with Crippen molar-refractivity contribution in [2.45, 2.75) is 44.3 Å². The molecule has 6 nitrogen and oxygen atoms in total. The molecule has 1 heterocycles. The zero-order valence-corrected chi connectivity index (χ0v) is 24.6. The minimum absolute atomic E-state index is 0.0622. The second-order valence-electron chi connectivity index (χ2n) is 8.84. The number of anilines is 1. The SMILES string of the molecule is C/C=C(\C=C/CF)C1(C)C(c2ccc(S(C)(=O)=O)cc2)=NN(CC(=O)Nc2ccccc2)C1C(F)(F)P.CC. The van der Waals surface area contributed by atoms with Crippen LogP contribution in [0.1, 0.15) is 33.3 Å².